The summed E-state index contributed by atoms with van der Waals surface area (Å²) in [6, 6.07) is 7.53. The first-order chi connectivity index (χ1) is 31.7. The molecule has 5 fully saturated rings. The van der Waals surface area contributed by atoms with Crippen molar-refractivity contribution in [1.29, 1.82) is 0 Å². The number of halogens is 4. The highest BCUT2D eigenvalue weighted by atomic mass is 19.1. The number of hydrogen-bond donors (Lipinski definition) is 2. The predicted molar refractivity (Wildman–Crippen MR) is 251 cm³/mol. The Morgan fingerprint density at radius 1 is 0.612 bits per heavy atom. The van der Waals surface area contributed by atoms with E-state index >= 15 is 4.39 Å². The van der Waals surface area contributed by atoms with Crippen LogP contribution < -0.4 is 0 Å². The minimum atomic E-state index is -1.16. The van der Waals surface area contributed by atoms with Gasteiger partial charge < -0.3 is 10.2 Å². The van der Waals surface area contributed by atoms with Gasteiger partial charge in [-0.25, -0.2) is 17.6 Å². The lowest BCUT2D eigenvalue weighted by molar-refractivity contribution is -0.115. The fourth-order valence-electron chi connectivity index (χ4n) is 14.6. The topological polar surface area (TPSA) is 74.6 Å². The van der Waals surface area contributed by atoms with E-state index in [0.717, 1.165) is 74.6 Å². The number of aliphatic hydroxyl groups is 2. The lowest BCUT2D eigenvalue weighted by Gasteiger charge is -2.53. The van der Waals surface area contributed by atoms with Crippen LogP contribution in [0, 0.1) is 92.8 Å². The number of benzene rings is 2. The van der Waals surface area contributed by atoms with Crippen LogP contribution in [0.2, 0.25) is 0 Å². The van der Waals surface area contributed by atoms with E-state index in [-0.39, 0.29) is 52.5 Å². The van der Waals surface area contributed by atoms with Crippen molar-refractivity contribution in [2.24, 2.45) is 45.8 Å². The minimum absolute atomic E-state index is 0.152. The third kappa shape index (κ3) is 8.05. The molecule has 9 aliphatic rings. The summed E-state index contributed by atoms with van der Waals surface area (Å²) >= 11 is 0. The normalized spacial score (nSPS) is 36.3. The smallest absolute Gasteiger partial charge is 0.156 e. The molecule has 0 unspecified atom stereocenters. The maximum atomic E-state index is 15.2. The maximum absolute atomic E-state index is 15.2. The highest BCUT2D eigenvalue weighted by Gasteiger charge is 2.64. The Labute approximate surface area is 393 Å². The zero-order chi connectivity index (χ0) is 47.4. The number of ketones is 2. The maximum Gasteiger partial charge on any atom is 0.156 e. The Hall–Kier alpha value is -4.50. The van der Waals surface area contributed by atoms with Gasteiger partial charge in [-0.05, 0) is 210 Å². The number of fused-ring (bicyclic) bond motifs is 8. The molecular formula is C59H64F4O4. The Balaban J connectivity index is 0.000000157. The largest absolute Gasteiger partial charge is 0.377 e. The van der Waals surface area contributed by atoms with Crippen LogP contribution in [0.5, 0.6) is 0 Å². The monoisotopic (exact) mass is 912 g/mol. The highest BCUT2D eigenvalue weighted by Crippen LogP contribution is 2.68. The Bertz CT molecular complexity index is 2690. The van der Waals surface area contributed by atoms with Crippen LogP contribution in [0.15, 0.2) is 82.0 Å². The van der Waals surface area contributed by atoms with Gasteiger partial charge in [0.05, 0.1) is 0 Å². The van der Waals surface area contributed by atoms with Gasteiger partial charge in [0.1, 0.15) is 34.5 Å². The predicted octanol–water partition coefficient (Wildman–Crippen LogP) is 12.7. The molecule has 0 bridgehead atoms. The van der Waals surface area contributed by atoms with Gasteiger partial charge in [-0.2, -0.15) is 0 Å². The van der Waals surface area contributed by atoms with E-state index in [4.69, 9.17) is 0 Å². The Morgan fingerprint density at radius 3 is 1.67 bits per heavy atom. The molecular weight excluding hydrogens is 849 g/mol. The van der Waals surface area contributed by atoms with Crippen LogP contribution >= 0.6 is 0 Å². The lowest BCUT2D eigenvalue weighted by atomic mass is 9.51. The molecule has 0 radical (unpaired) electrons. The molecule has 0 heterocycles. The summed E-state index contributed by atoms with van der Waals surface area (Å²) in [7, 11) is 0. The first-order valence-corrected chi connectivity index (χ1v) is 25.1. The van der Waals surface area contributed by atoms with E-state index < -0.39 is 45.3 Å². The van der Waals surface area contributed by atoms with Crippen LogP contribution in [0.1, 0.15) is 160 Å². The average molecular weight is 913 g/mol. The Kier molecular flexibility index (Phi) is 11.4. The summed E-state index contributed by atoms with van der Waals surface area (Å²) < 4.78 is 58.3. The average Bonchev–Trinajstić information content (AvgIpc) is 4.02. The standard InChI is InChI=1S/C30H34F2O2.C29H30F2O2/c1-28(2,3)13-14-30(34)12-11-25-22-8-5-18-15-20(33)7-9-21(18)27(22)24(17-29(25,30)4)23-16-19(31)6-10-26(23)32;1-28-16-25(19-12-20(30)15-21(31)13-19)27-23-7-5-22(32)14-18(23)4-6-24(27)26(28)9-11-29(28,33)10-8-17-2-3-17/h6,10,15-16,22,24-25,34H,5,7-9,11-12,17H2,1-4H3;12-15,17,24-26,33H,2-7,9,11,16H2,1H3/t22-,24+,25-,29-,30+;24-,25+,26-,28-,29-/m00/s1. The fraction of sp³-hybridized carbons (Fsp3) is 0.559. The van der Waals surface area contributed by atoms with Crippen LogP contribution in [-0.2, 0) is 9.59 Å². The van der Waals surface area contributed by atoms with Crippen molar-refractivity contribution in [2.75, 3.05) is 0 Å². The first-order valence-electron chi connectivity index (χ1n) is 25.1. The summed E-state index contributed by atoms with van der Waals surface area (Å²) in [6.45, 7) is 10.4. The molecule has 0 saturated heterocycles. The van der Waals surface area contributed by atoms with Gasteiger partial charge in [0, 0.05) is 52.9 Å². The molecule has 8 heteroatoms. The number of allylic oxidation sites excluding steroid dienone is 8. The molecule has 67 heavy (non-hydrogen) atoms. The number of rotatable bonds is 2. The van der Waals surface area contributed by atoms with E-state index in [0.29, 0.717) is 68.4 Å². The molecule has 2 aromatic rings. The molecule has 0 aromatic heterocycles. The molecule has 2 aromatic carbocycles. The van der Waals surface area contributed by atoms with Crippen LogP contribution in [-0.4, -0.2) is 33.0 Å². The molecule has 4 nitrogen and oxygen atoms in total. The summed E-state index contributed by atoms with van der Waals surface area (Å²) in [5, 5.41) is 23.8. The van der Waals surface area contributed by atoms with Crippen LogP contribution in [0.25, 0.3) is 0 Å². The van der Waals surface area contributed by atoms with Crippen molar-refractivity contribution in [1.82, 2.24) is 0 Å². The Morgan fingerprint density at radius 2 is 1.13 bits per heavy atom. The van der Waals surface area contributed by atoms with Crippen molar-refractivity contribution >= 4 is 11.6 Å². The van der Waals surface area contributed by atoms with Gasteiger partial charge in [0.25, 0.3) is 0 Å². The van der Waals surface area contributed by atoms with Gasteiger partial charge in [-0.15, -0.1) is 0 Å². The van der Waals surface area contributed by atoms with Crippen LogP contribution in [0.3, 0.4) is 0 Å². The van der Waals surface area contributed by atoms with Crippen molar-refractivity contribution in [3.63, 3.8) is 0 Å². The summed E-state index contributed by atoms with van der Waals surface area (Å²) in [6.07, 6.45) is 15.8. The second-order valence-electron chi connectivity index (χ2n) is 23.2. The van der Waals surface area contributed by atoms with Crippen molar-refractivity contribution < 1.29 is 37.4 Å². The second kappa shape index (κ2) is 16.6. The van der Waals surface area contributed by atoms with Gasteiger partial charge in [0.2, 0.25) is 0 Å². The van der Waals surface area contributed by atoms with Gasteiger partial charge >= 0.3 is 0 Å². The molecule has 0 amide bonds. The van der Waals surface area contributed by atoms with Crippen molar-refractivity contribution in [3.05, 3.63) is 116 Å². The van der Waals surface area contributed by atoms with Gasteiger partial charge in [-0.3, -0.25) is 9.59 Å². The molecule has 5 saturated carbocycles. The lowest BCUT2D eigenvalue weighted by Crippen LogP contribution is -2.51. The highest BCUT2D eigenvalue weighted by molar-refractivity contribution is 5.93. The van der Waals surface area contributed by atoms with Crippen molar-refractivity contribution in [2.45, 2.75) is 160 Å². The molecule has 2 N–H and O–H groups in total. The number of hydrogen-bond acceptors (Lipinski definition) is 4. The number of carbonyl (C=O) groups excluding carboxylic acids is 2. The van der Waals surface area contributed by atoms with E-state index in [2.05, 4.69) is 37.5 Å². The van der Waals surface area contributed by atoms with Gasteiger partial charge in [-0.1, -0.05) is 48.7 Å². The third-order valence-corrected chi connectivity index (χ3v) is 18.1. The van der Waals surface area contributed by atoms with Gasteiger partial charge in [0.15, 0.2) is 11.6 Å². The summed E-state index contributed by atoms with van der Waals surface area (Å²) in [5.74, 6) is 12.3. The fourth-order valence-corrected chi connectivity index (χ4v) is 14.6. The molecule has 9 aliphatic carbocycles. The number of carbonyl (C=O) groups is 2. The molecule has 352 valence electrons. The van der Waals surface area contributed by atoms with E-state index in [1.54, 1.807) is 12.2 Å². The molecule has 0 spiro atoms. The van der Waals surface area contributed by atoms with E-state index in [1.165, 1.54) is 46.6 Å². The zero-order valence-electron chi connectivity index (χ0n) is 39.7. The minimum Gasteiger partial charge on any atom is -0.377 e. The molecule has 10 atom stereocenters. The van der Waals surface area contributed by atoms with E-state index in [9.17, 15) is 33.0 Å². The molecule has 11 rings (SSSR count). The van der Waals surface area contributed by atoms with Crippen molar-refractivity contribution in [3.8, 4) is 23.7 Å². The van der Waals surface area contributed by atoms with E-state index in [1.807, 2.05) is 20.8 Å². The quantitative estimate of drug-likeness (QED) is 0.233. The second-order valence-corrected chi connectivity index (χ2v) is 23.2. The first kappa shape index (κ1) is 46.2. The zero-order valence-corrected chi connectivity index (χ0v) is 39.7. The summed E-state index contributed by atoms with van der Waals surface area (Å²) in [5.41, 5.74) is 4.63. The third-order valence-electron chi connectivity index (χ3n) is 18.1. The SMILES string of the molecule is CC(C)(C)C#C[C@]1(O)CC[C@H]2[C@@H]3CCC4=CC(=O)CCC4=C3[C@@H](c3cc(F)ccc3F)C[C@@]21C.C[C@]12C[C@H](c3cc(F)cc(F)c3)C3=C4CCC(=O)C=C4CC[C@H]3[C@@H]1CC[C@@]2(O)C#CC1CC1. The van der Waals surface area contributed by atoms with Crippen LogP contribution in [0.4, 0.5) is 17.6 Å². The summed E-state index contributed by atoms with van der Waals surface area (Å²) in [4.78, 5) is 24.3. The molecule has 0 aliphatic heterocycles.